The summed E-state index contributed by atoms with van der Waals surface area (Å²) in [5.74, 6) is -0.0244. The van der Waals surface area contributed by atoms with Gasteiger partial charge in [-0.15, -0.1) is 0 Å². The van der Waals surface area contributed by atoms with E-state index < -0.39 is 16.1 Å². The molecule has 34 heavy (non-hydrogen) atoms. The highest BCUT2D eigenvalue weighted by Gasteiger charge is 2.32. The van der Waals surface area contributed by atoms with Gasteiger partial charge in [-0.05, 0) is 141 Å². The van der Waals surface area contributed by atoms with Crippen molar-refractivity contribution in [3.63, 3.8) is 0 Å². The van der Waals surface area contributed by atoms with Crippen molar-refractivity contribution in [2.45, 2.75) is 80.9 Å². The molecule has 0 saturated heterocycles. The van der Waals surface area contributed by atoms with E-state index in [1.807, 2.05) is 12.1 Å². The Kier molecular flexibility index (Phi) is 9.23. The molecule has 0 bridgehead atoms. The molecule has 2 aromatic carbocycles. The minimum absolute atomic E-state index is 0.0328. The third-order valence-electron chi connectivity index (χ3n) is 6.89. The zero-order chi connectivity index (χ0) is 24.5. The van der Waals surface area contributed by atoms with Crippen LogP contribution in [0.25, 0.3) is 0 Å². The molecule has 2 aromatic rings. The van der Waals surface area contributed by atoms with Gasteiger partial charge in [0.25, 0.3) is 10.1 Å². The monoisotopic (exact) mass is 820 g/mol. The highest BCUT2D eigenvalue weighted by atomic mass is 127. The van der Waals surface area contributed by atoms with E-state index in [4.69, 9.17) is 4.74 Å². The fraction of sp³-hybridized carbons (Fsp3) is 0.480. The molecule has 0 atom stereocenters. The van der Waals surface area contributed by atoms with Crippen LogP contribution < -0.4 is 4.74 Å². The van der Waals surface area contributed by atoms with Gasteiger partial charge in [0.2, 0.25) is 0 Å². The lowest BCUT2D eigenvalue weighted by Crippen LogP contribution is -2.18. The molecule has 5 nitrogen and oxygen atoms in total. The van der Waals surface area contributed by atoms with E-state index >= 15 is 0 Å². The Labute approximate surface area is 242 Å². The van der Waals surface area contributed by atoms with Crippen LogP contribution in [0.15, 0.2) is 29.2 Å². The molecule has 184 valence electrons. The molecule has 0 aliphatic heterocycles. The summed E-state index contributed by atoms with van der Waals surface area (Å²) in [6, 6.07) is 7.19. The van der Waals surface area contributed by atoms with E-state index in [1.165, 1.54) is 0 Å². The van der Waals surface area contributed by atoms with Gasteiger partial charge >= 0.3 is 5.97 Å². The first kappa shape index (κ1) is 27.1. The van der Waals surface area contributed by atoms with Crippen LogP contribution in [-0.4, -0.2) is 18.9 Å². The average Bonchev–Trinajstić information content (AvgIpc) is 2.81. The summed E-state index contributed by atoms with van der Waals surface area (Å²) in [7, 11) is -4.42. The van der Waals surface area contributed by atoms with Crippen molar-refractivity contribution in [1.82, 2.24) is 0 Å². The van der Waals surface area contributed by atoms with Crippen LogP contribution >= 0.6 is 67.8 Å². The fourth-order valence-corrected chi connectivity index (χ4v) is 8.73. The highest BCUT2D eigenvalue weighted by Crippen LogP contribution is 2.44. The minimum atomic E-state index is -4.42. The Morgan fingerprint density at radius 2 is 1.32 bits per heavy atom. The summed E-state index contributed by atoms with van der Waals surface area (Å²) >= 11 is 6.55. The number of hydrogen-bond acceptors (Lipinski definition) is 4. The van der Waals surface area contributed by atoms with Gasteiger partial charge in [0.1, 0.15) is 10.6 Å². The smallest absolute Gasteiger partial charge is 0.344 e. The van der Waals surface area contributed by atoms with Crippen LogP contribution in [0, 0.1) is 10.7 Å². The number of benzene rings is 2. The van der Waals surface area contributed by atoms with E-state index in [0.717, 1.165) is 74.9 Å². The zero-order valence-electron chi connectivity index (χ0n) is 18.7. The van der Waals surface area contributed by atoms with Crippen molar-refractivity contribution in [2.24, 2.45) is 0 Å². The van der Waals surface area contributed by atoms with E-state index in [-0.39, 0.29) is 16.7 Å². The van der Waals surface area contributed by atoms with Gasteiger partial charge in [-0.2, -0.15) is 8.42 Å². The summed E-state index contributed by atoms with van der Waals surface area (Å²) in [4.78, 5) is 13.3. The maximum Gasteiger partial charge on any atom is 0.344 e. The zero-order valence-corrected chi connectivity index (χ0v) is 25.9. The van der Waals surface area contributed by atoms with E-state index in [1.54, 1.807) is 12.1 Å². The summed E-state index contributed by atoms with van der Waals surface area (Å²) in [6.45, 7) is 0. The molecule has 0 aromatic heterocycles. The van der Waals surface area contributed by atoms with Crippen molar-refractivity contribution in [1.29, 1.82) is 0 Å². The van der Waals surface area contributed by atoms with Crippen LogP contribution in [0.3, 0.4) is 0 Å². The Bertz CT molecular complexity index is 1140. The molecule has 2 aliphatic carbocycles. The number of halogens is 3. The molecule has 2 aliphatic rings. The van der Waals surface area contributed by atoms with Gasteiger partial charge in [0.15, 0.2) is 0 Å². The van der Waals surface area contributed by atoms with Crippen LogP contribution in [0.2, 0.25) is 0 Å². The molecule has 0 spiro atoms. The number of carbonyl (C=O) groups excluding carboxylic acids is 1. The van der Waals surface area contributed by atoms with Crippen molar-refractivity contribution in [3.8, 4) is 5.75 Å². The summed E-state index contributed by atoms with van der Waals surface area (Å²) in [5.41, 5.74) is 1.72. The van der Waals surface area contributed by atoms with Crippen LogP contribution in [-0.2, 0) is 10.1 Å². The Balaban J connectivity index is 1.82. The van der Waals surface area contributed by atoms with E-state index in [0.29, 0.717) is 22.4 Å². The van der Waals surface area contributed by atoms with Crippen LogP contribution in [0.4, 0.5) is 0 Å². The van der Waals surface area contributed by atoms with E-state index in [2.05, 4.69) is 67.8 Å². The minimum Gasteiger partial charge on any atom is -0.423 e. The maximum absolute atomic E-state index is 13.2. The summed E-state index contributed by atoms with van der Waals surface area (Å²) in [5, 5.41) is 0. The van der Waals surface area contributed by atoms with Crippen molar-refractivity contribution in [2.75, 3.05) is 0 Å². The second-order valence-corrected chi connectivity index (χ2v) is 14.1. The van der Waals surface area contributed by atoms with Gasteiger partial charge < -0.3 is 4.74 Å². The van der Waals surface area contributed by atoms with Gasteiger partial charge in [-0.1, -0.05) is 38.5 Å². The topological polar surface area (TPSA) is 80.7 Å². The Morgan fingerprint density at radius 3 is 1.79 bits per heavy atom. The molecule has 0 heterocycles. The average molecular weight is 820 g/mol. The van der Waals surface area contributed by atoms with Crippen molar-refractivity contribution >= 4 is 83.9 Å². The first-order valence-electron chi connectivity index (χ1n) is 11.7. The van der Waals surface area contributed by atoms with Crippen molar-refractivity contribution in [3.05, 3.63) is 51.7 Å². The molecule has 4 rings (SSSR count). The molecule has 0 amide bonds. The molecule has 1 N–H and O–H groups in total. The lowest BCUT2D eigenvalue weighted by Gasteiger charge is -2.29. The van der Waals surface area contributed by atoms with Gasteiger partial charge in [0, 0.05) is 10.7 Å². The maximum atomic E-state index is 13.2. The largest absolute Gasteiger partial charge is 0.423 e. The molecular weight excluding hydrogens is 793 g/mol. The summed E-state index contributed by atoms with van der Waals surface area (Å²) < 4.78 is 44.3. The Morgan fingerprint density at radius 1 is 0.824 bits per heavy atom. The third-order valence-corrected chi connectivity index (χ3v) is 11.5. The van der Waals surface area contributed by atoms with Gasteiger partial charge in [0.05, 0.1) is 5.56 Å². The predicted octanol–water partition coefficient (Wildman–Crippen LogP) is 8.06. The fourth-order valence-electron chi connectivity index (χ4n) is 5.30. The standard InChI is InChI=1S/C25H27I3O5S/c26-17-11-21(23(28)22(27)12-17)25(29)33-18-13-19(15-7-3-1-4-8-15)24(34(30,31)32)20(14-18)16-9-5-2-6-10-16/h11-16H,1-10H2,(H,30,31,32). The quantitative estimate of drug-likeness (QED) is 0.109. The van der Waals surface area contributed by atoms with Crippen LogP contribution in [0.5, 0.6) is 5.75 Å². The number of rotatable bonds is 5. The van der Waals surface area contributed by atoms with Crippen molar-refractivity contribution < 1.29 is 22.5 Å². The van der Waals surface area contributed by atoms with Gasteiger partial charge in [-0.25, -0.2) is 4.79 Å². The predicted molar refractivity (Wildman–Crippen MR) is 157 cm³/mol. The second-order valence-electron chi connectivity index (χ2n) is 9.21. The number of esters is 1. The SMILES string of the molecule is O=C(Oc1cc(C2CCCCC2)c(S(=O)(=O)O)c(C2CCCCC2)c1)c1cc(I)cc(I)c1I. The molecule has 2 fully saturated rings. The molecule has 0 radical (unpaired) electrons. The Hall–Kier alpha value is 0.0100. The second kappa shape index (κ2) is 11.6. The molecular formula is C25H27I3O5S. The third kappa shape index (κ3) is 6.28. The number of hydrogen-bond donors (Lipinski definition) is 1. The first-order chi connectivity index (χ1) is 16.1. The lowest BCUT2D eigenvalue weighted by molar-refractivity contribution is 0.0733. The molecule has 9 heteroatoms. The van der Waals surface area contributed by atoms with E-state index in [9.17, 15) is 17.8 Å². The number of ether oxygens (including phenoxy) is 1. The molecule has 0 unspecified atom stereocenters. The number of carbonyl (C=O) groups is 1. The normalized spacial score (nSPS) is 18.1. The van der Waals surface area contributed by atoms with Crippen LogP contribution in [0.1, 0.15) is 97.5 Å². The lowest BCUT2D eigenvalue weighted by atomic mass is 9.79. The van der Waals surface area contributed by atoms with Gasteiger partial charge in [-0.3, -0.25) is 4.55 Å². The molecule has 2 saturated carbocycles. The first-order valence-corrected chi connectivity index (χ1v) is 16.3. The summed E-state index contributed by atoms with van der Waals surface area (Å²) in [6.07, 6.45) is 9.85. The highest BCUT2D eigenvalue weighted by molar-refractivity contribution is 14.1.